The lowest BCUT2D eigenvalue weighted by molar-refractivity contribution is -0.110. The zero-order valence-electron chi connectivity index (χ0n) is 14.7. The number of hydrogen-bond acceptors (Lipinski definition) is 3. The Morgan fingerprint density at radius 2 is 1.84 bits per heavy atom. The summed E-state index contributed by atoms with van der Waals surface area (Å²) in [6.07, 6.45) is 11.2. The van der Waals surface area contributed by atoms with E-state index in [0.29, 0.717) is 6.61 Å². The first-order chi connectivity index (χ1) is 12.0. The van der Waals surface area contributed by atoms with Crippen LogP contribution in [0.2, 0.25) is 0 Å². The molecule has 2 rings (SSSR count). The molecule has 4 heteroatoms. The summed E-state index contributed by atoms with van der Waals surface area (Å²) in [6, 6.07) is 7.92. The maximum atomic E-state index is 11.4. The Morgan fingerprint density at radius 1 is 1.16 bits per heavy atom. The van der Waals surface area contributed by atoms with E-state index < -0.39 is 0 Å². The molecule has 0 aliphatic heterocycles. The average Bonchev–Trinajstić information content (AvgIpc) is 2.60. The standard InChI is InChI=1S/C21H25BrO3/c1-17(22)15-21(12-9-19(23)10-13-21)11-3-4-14-25-16-18-5-7-20(24-2)8-6-18/h5-10,12-13H,1,3-4,11,14-16H2,2H3. The number of carbonyl (C=O) groups is 1. The van der Waals surface area contributed by atoms with Crippen molar-refractivity contribution in [2.75, 3.05) is 13.7 Å². The van der Waals surface area contributed by atoms with Crippen LogP contribution in [0.1, 0.15) is 31.2 Å². The molecule has 0 aromatic heterocycles. The predicted octanol–water partition coefficient (Wildman–Crippen LogP) is 5.36. The minimum atomic E-state index is -0.107. The number of carbonyl (C=O) groups excluding carboxylic acids is 1. The second-order valence-electron chi connectivity index (χ2n) is 6.35. The number of rotatable bonds is 10. The van der Waals surface area contributed by atoms with E-state index in [1.165, 1.54) is 0 Å². The Hall–Kier alpha value is -1.65. The van der Waals surface area contributed by atoms with E-state index in [0.717, 1.165) is 48.1 Å². The van der Waals surface area contributed by atoms with Gasteiger partial charge < -0.3 is 9.47 Å². The van der Waals surface area contributed by atoms with Gasteiger partial charge in [-0.1, -0.05) is 46.8 Å². The monoisotopic (exact) mass is 404 g/mol. The highest BCUT2D eigenvalue weighted by molar-refractivity contribution is 9.11. The van der Waals surface area contributed by atoms with Crippen LogP contribution in [-0.4, -0.2) is 19.5 Å². The van der Waals surface area contributed by atoms with Crippen molar-refractivity contribution in [1.29, 1.82) is 0 Å². The minimum Gasteiger partial charge on any atom is -0.497 e. The number of ether oxygens (including phenoxy) is 2. The molecule has 1 aromatic rings. The van der Waals surface area contributed by atoms with Gasteiger partial charge >= 0.3 is 0 Å². The summed E-state index contributed by atoms with van der Waals surface area (Å²) >= 11 is 3.45. The van der Waals surface area contributed by atoms with Crippen molar-refractivity contribution in [3.8, 4) is 5.75 Å². The van der Waals surface area contributed by atoms with Crippen LogP contribution in [0.15, 0.2) is 59.6 Å². The van der Waals surface area contributed by atoms with Crippen molar-refractivity contribution in [2.45, 2.75) is 32.3 Å². The van der Waals surface area contributed by atoms with Crippen LogP contribution in [0.25, 0.3) is 0 Å². The van der Waals surface area contributed by atoms with Gasteiger partial charge in [-0.25, -0.2) is 0 Å². The van der Waals surface area contributed by atoms with E-state index in [9.17, 15) is 4.79 Å². The van der Waals surface area contributed by atoms with E-state index in [4.69, 9.17) is 9.47 Å². The van der Waals surface area contributed by atoms with Crippen molar-refractivity contribution in [2.24, 2.45) is 5.41 Å². The smallest absolute Gasteiger partial charge is 0.178 e. The summed E-state index contributed by atoms with van der Waals surface area (Å²) in [4.78, 5) is 11.4. The predicted molar refractivity (Wildman–Crippen MR) is 105 cm³/mol. The molecule has 0 radical (unpaired) electrons. The van der Waals surface area contributed by atoms with Gasteiger partial charge in [0.05, 0.1) is 13.7 Å². The van der Waals surface area contributed by atoms with Crippen molar-refractivity contribution in [3.05, 3.63) is 65.2 Å². The van der Waals surface area contributed by atoms with Crippen molar-refractivity contribution >= 4 is 21.7 Å². The maximum Gasteiger partial charge on any atom is 0.178 e. The minimum absolute atomic E-state index is 0.0543. The van der Waals surface area contributed by atoms with Gasteiger partial charge in [0.25, 0.3) is 0 Å². The van der Waals surface area contributed by atoms with Crippen LogP contribution in [-0.2, 0) is 16.1 Å². The number of ketones is 1. The van der Waals surface area contributed by atoms with Gasteiger partial charge in [0.2, 0.25) is 0 Å². The van der Waals surface area contributed by atoms with Crippen molar-refractivity contribution in [1.82, 2.24) is 0 Å². The number of hydrogen-bond donors (Lipinski definition) is 0. The molecule has 1 aromatic carbocycles. The summed E-state index contributed by atoms with van der Waals surface area (Å²) in [5.74, 6) is 0.910. The van der Waals surface area contributed by atoms with Crippen molar-refractivity contribution < 1.29 is 14.3 Å². The van der Waals surface area contributed by atoms with Gasteiger partial charge in [-0.05, 0) is 60.0 Å². The molecule has 0 spiro atoms. The summed E-state index contributed by atoms with van der Waals surface area (Å²) in [5, 5.41) is 0. The van der Waals surface area contributed by atoms with E-state index >= 15 is 0 Å². The van der Waals surface area contributed by atoms with Crippen LogP contribution >= 0.6 is 15.9 Å². The quantitative estimate of drug-likeness (QED) is 0.492. The van der Waals surface area contributed by atoms with Crippen molar-refractivity contribution in [3.63, 3.8) is 0 Å². The topological polar surface area (TPSA) is 35.5 Å². The Balaban J connectivity index is 1.71. The van der Waals surface area contributed by atoms with E-state index in [1.807, 2.05) is 36.4 Å². The van der Waals surface area contributed by atoms with Crippen LogP contribution in [0.4, 0.5) is 0 Å². The van der Waals surface area contributed by atoms with E-state index in [-0.39, 0.29) is 11.2 Å². The van der Waals surface area contributed by atoms with Gasteiger partial charge in [-0.3, -0.25) is 4.79 Å². The summed E-state index contributed by atoms with van der Waals surface area (Å²) in [7, 11) is 1.66. The SMILES string of the molecule is C=C(Br)CC1(CCCCOCc2ccc(OC)cc2)C=CC(=O)C=C1. The lowest BCUT2D eigenvalue weighted by Crippen LogP contribution is -2.19. The highest BCUT2D eigenvalue weighted by Gasteiger charge is 2.26. The zero-order valence-corrected chi connectivity index (χ0v) is 16.3. The van der Waals surface area contributed by atoms with Crippen LogP contribution < -0.4 is 4.74 Å². The summed E-state index contributed by atoms with van der Waals surface area (Å²) in [5.41, 5.74) is 1.04. The van der Waals surface area contributed by atoms with Gasteiger partial charge in [0.1, 0.15) is 5.75 Å². The first-order valence-corrected chi connectivity index (χ1v) is 9.29. The Kier molecular flexibility index (Phi) is 7.66. The summed E-state index contributed by atoms with van der Waals surface area (Å²) < 4.78 is 11.9. The van der Waals surface area contributed by atoms with Crippen LogP contribution in [0.5, 0.6) is 5.75 Å². The molecular weight excluding hydrogens is 380 g/mol. The molecule has 0 amide bonds. The first-order valence-electron chi connectivity index (χ1n) is 8.49. The second-order valence-corrected chi connectivity index (χ2v) is 7.48. The Morgan fingerprint density at radius 3 is 2.44 bits per heavy atom. The molecule has 0 atom stereocenters. The fraction of sp³-hybridized carbons (Fsp3) is 0.381. The molecule has 0 saturated carbocycles. The third-order valence-corrected chi connectivity index (χ3v) is 4.57. The van der Waals surface area contributed by atoms with E-state index in [2.05, 4.69) is 22.5 Å². The lowest BCUT2D eigenvalue weighted by Gasteiger charge is -2.29. The molecule has 1 aliphatic carbocycles. The molecular formula is C21H25BrO3. The van der Waals surface area contributed by atoms with E-state index in [1.54, 1.807) is 19.3 Å². The third kappa shape index (κ3) is 6.63. The molecule has 1 aliphatic rings. The number of allylic oxidation sites excluding steroid dienone is 5. The van der Waals surface area contributed by atoms with Crippen LogP contribution in [0, 0.1) is 5.41 Å². The number of methoxy groups -OCH3 is 1. The highest BCUT2D eigenvalue weighted by atomic mass is 79.9. The van der Waals surface area contributed by atoms with Gasteiger partial charge in [-0.15, -0.1) is 0 Å². The lowest BCUT2D eigenvalue weighted by atomic mass is 9.77. The van der Waals surface area contributed by atoms with Gasteiger partial charge in [0.15, 0.2) is 5.78 Å². The number of unbranched alkanes of at least 4 members (excludes halogenated alkanes) is 1. The first kappa shape index (κ1) is 19.7. The largest absolute Gasteiger partial charge is 0.497 e. The molecule has 25 heavy (non-hydrogen) atoms. The molecule has 0 heterocycles. The Labute approximate surface area is 158 Å². The number of benzene rings is 1. The van der Waals surface area contributed by atoms with Gasteiger partial charge in [-0.2, -0.15) is 0 Å². The molecule has 134 valence electrons. The molecule has 0 saturated heterocycles. The molecule has 0 bridgehead atoms. The highest BCUT2D eigenvalue weighted by Crippen LogP contribution is 2.38. The second kappa shape index (κ2) is 9.73. The third-order valence-electron chi connectivity index (χ3n) is 4.29. The Bertz CT molecular complexity index is 628. The fourth-order valence-electron chi connectivity index (χ4n) is 2.91. The number of halogens is 1. The fourth-order valence-corrected chi connectivity index (χ4v) is 3.43. The average molecular weight is 405 g/mol. The molecule has 0 unspecified atom stereocenters. The summed E-state index contributed by atoms with van der Waals surface area (Å²) in [6.45, 7) is 5.29. The normalized spacial score (nSPS) is 15.4. The maximum absolute atomic E-state index is 11.4. The molecule has 3 nitrogen and oxygen atoms in total. The van der Waals surface area contributed by atoms with Crippen LogP contribution in [0.3, 0.4) is 0 Å². The molecule has 0 fully saturated rings. The van der Waals surface area contributed by atoms with Gasteiger partial charge in [0, 0.05) is 12.0 Å². The zero-order chi connectivity index (χ0) is 18.1. The molecule has 0 N–H and O–H groups in total.